The van der Waals surface area contributed by atoms with Crippen LogP contribution in [-0.2, 0) is 11.4 Å². The molecule has 0 atom stereocenters. The van der Waals surface area contributed by atoms with Gasteiger partial charge in [-0.25, -0.2) is 4.79 Å². The molecular formula is C25H26N2O5S. The van der Waals surface area contributed by atoms with Crippen molar-refractivity contribution in [3.05, 3.63) is 64.9 Å². The Kier molecular flexibility index (Phi) is 6.93. The molecule has 1 amide bonds. The minimum atomic E-state index is -0.966. The second-order valence-corrected chi connectivity index (χ2v) is 8.54. The van der Waals surface area contributed by atoms with Crippen molar-refractivity contribution in [3.63, 3.8) is 0 Å². The molecule has 1 aliphatic heterocycles. The van der Waals surface area contributed by atoms with Gasteiger partial charge in [-0.1, -0.05) is 37.5 Å². The normalized spacial score (nSPS) is 17.8. The zero-order valence-electron chi connectivity index (χ0n) is 18.4. The van der Waals surface area contributed by atoms with Crippen LogP contribution in [0.1, 0.15) is 53.6 Å². The van der Waals surface area contributed by atoms with Crippen LogP contribution in [-0.4, -0.2) is 40.1 Å². The molecule has 0 aromatic heterocycles. The lowest BCUT2D eigenvalue weighted by Crippen LogP contribution is -2.41. The van der Waals surface area contributed by atoms with Crippen molar-refractivity contribution in [1.29, 1.82) is 0 Å². The van der Waals surface area contributed by atoms with Crippen LogP contribution in [0, 0.1) is 0 Å². The van der Waals surface area contributed by atoms with Gasteiger partial charge in [-0.05, 0) is 66.5 Å². The SMILES string of the molecule is COc1cc(C=C2NC(=S)N(C3CCCCC3)C2=O)ccc1OCc1ccc(C(=O)O)cc1. The van der Waals surface area contributed by atoms with Gasteiger partial charge in [0.15, 0.2) is 16.6 Å². The van der Waals surface area contributed by atoms with E-state index in [1.165, 1.54) is 6.42 Å². The van der Waals surface area contributed by atoms with Crippen molar-refractivity contribution < 1.29 is 24.2 Å². The van der Waals surface area contributed by atoms with Gasteiger partial charge in [-0.15, -0.1) is 0 Å². The molecule has 1 heterocycles. The van der Waals surface area contributed by atoms with E-state index in [4.69, 9.17) is 26.8 Å². The molecule has 8 heteroatoms. The molecule has 2 aromatic rings. The van der Waals surface area contributed by atoms with Crippen LogP contribution in [0.25, 0.3) is 6.08 Å². The third-order valence-electron chi connectivity index (χ3n) is 5.94. The summed E-state index contributed by atoms with van der Waals surface area (Å²) in [6, 6.07) is 12.1. The standard InChI is InChI=1S/C25H26N2O5S/c1-31-22-14-17(9-12-21(22)32-15-16-7-10-18(11-8-16)24(29)30)13-20-23(28)27(25(33)26-20)19-5-3-2-4-6-19/h7-14,19H,2-6,15H2,1H3,(H,26,33)(H,29,30). The summed E-state index contributed by atoms with van der Waals surface area (Å²) in [4.78, 5) is 25.7. The van der Waals surface area contributed by atoms with E-state index in [1.54, 1.807) is 54.5 Å². The molecule has 0 radical (unpaired) electrons. The third-order valence-corrected chi connectivity index (χ3v) is 6.24. The fraction of sp³-hybridized carbons (Fsp3) is 0.320. The van der Waals surface area contributed by atoms with Gasteiger partial charge in [0.25, 0.3) is 5.91 Å². The number of hydrogen-bond acceptors (Lipinski definition) is 5. The van der Waals surface area contributed by atoms with E-state index in [2.05, 4.69) is 5.32 Å². The molecule has 0 bridgehead atoms. The average molecular weight is 467 g/mol. The second kappa shape index (κ2) is 10.0. The summed E-state index contributed by atoms with van der Waals surface area (Å²) in [6.07, 6.45) is 7.20. The Morgan fingerprint density at radius 3 is 2.55 bits per heavy atom. The first kappa shape index (κ1) is 22.8. The molecule has 2 N–H and O–H groups in total. The van der Waals surface area contributed by atoms with Gasteiger partial charge in [0.1, 0.15) is 12.3 Å². The molecular weight excluding hydrogens is 440 g/mol. The summed E-state index contributed by atoms with van der Waals surface area (Å²) in [7, 11) is 1.56. The van der Waals surface area contributed by atoms with Crippen molar-refractivity contribution in [1.82, 2.24) is 10.2 Å². The Morgan fingerprint density at radius 1 is 1.15 bits per heavy atom. The highest BCUT2D eigenvalue weighted by molar-refractivity contribution is 7.80. The van der Waals surface area contributed by atoms with E-state index < -0.39 is 5.97 Å². The number of rotatable bonds is 7. The van der Waals surface area contributed by atoms with Crippen LogP contribution in [0.2, 0.25) is 0 Å². The zero-order chi connectivity index (χ0) is 23.4. The second-order valence-electron chi connectivity index (χ2n) is 8.16. The van der Waals surface area contributed by atoms with Gasteiger partial charge < -0.3 is 19.9 Å². The van der Waals surface area contributed by atoms with E-state index in [0.29, 0.717) is 22.3 Å². The molecule has 172 valence electrons. The van der Waals surface area contributed by atoms with Gasteiger partial charge >= 0.3 is 5.97 Å². The van der Waals surface area contributed by atoms with E-state index >= 15 is 0 Å². The first-order chi connectivity index (χ1) is 16.0. The molecule has 1 saturated carbocycles. The van der Waals surface area contributed by atoms with Gasteiger partial charge in [-0.2, -0.15) is 0 Å². The van der Waals surface area contributed by atoms with E-state index in [1.807, 2.05) is 6.07 Å². The highest BCUT2D eigenvalue weighted by Crippen LogP contribution is 2.31. The highest BCUT2D eigenvalue weighted by Gasteiger charge is 2.36. The van der Waals surface area contributed by atoms with Crippen LogP contribution in [0.3, 0.4) is 0 Å². The quantitative estimate of drug-likeness (QED) is 0.463. The summed E-state index contributed by atoms with van der Waals surface area (Å²) in [5, 5.41) is 12.5. The van der Waals surface area contributed by atoms with Crippen LogP contribution in [0.5, 0.6) is 11.5 Å². The predicted molar refractivity (Wildman–Crippen MR) is 128 cm³/mol. The fourth-order valence-electron chi connectivity index (χ4n) is 4.18. The van der Waals surface area contributed by atoms with E-state index in [9.17, 15) is 9.59 Å². The van der Waals surface area contributed by atoms with Crippen molar-refractivity contribution >= 4 is 35.3 Å². The lowest BCUT2D eigenvalue weighted by molar-refractivity contribution is -0.124. The minimum absolute atomic E-state index is 0.0870. The third kappa shape index (κ3) is 5.17. The number of methoxy groups -OCH3 is 1. The van der Waals surface area contributed by atoms with Crippen LogP contribution >= 0.6 is 12.2 Å². The smallest absolute Gasteiger partial charge is 0.335 e. The number of carbonyl (C=O) groups excluding carboxylic acids is 1. The zero-order valence-corrected chi connectivity index (χ0v) is 19.2. The maximum atomic E-state index is 13.0. The molecule has 4 rings (SSSR count). The number of carbonyl (C=O) groups is 2. The summed E-state index contributed by atoms with van der Waals surface area (Å²) in [5.74, 6) is 0.0263. The first-order valence-corrected chi connectivity index (χ1v) is 11.4. The number of thiocarbonyl (C=S) groups is 1. The molecule has 7 nitrogen and oxygen atoms in total. The van der Waals surface area contributed by atoms with Gasteiger partial charge in [0, 0.05) is 6.04 Å². The Balaban J connectivity index is 1.46. The lowest BCUT2D eigenvalue weighted by atomic mass is 9.94. The van der Waals surface area contributed by atoms with Crippen molar-refractivity contribution in [3.8, 4) is 11.5 Å². The maximum Gasteiger partial charge on any atom is 0.335 e. The Labute approximate surface area is 198 Å². The topological polar surface area (TPSA) is 88.1 Å². The molecule has 2 aliphatic rings. The molecule has 0 unspecified atom stereocenters. The Bertz CT molecular complexity index is 1090. The monoisotopic (exact) mass is 466 g/mol. The summed E-state index contributed by atoms with van der Waals surface area (Å²) >= 11 is 5.44. The van der Waals surface area contributed by atoms with E-state index in [-0.39, 0.29) is 24.1 Å². The summed E-state index contributed by atoms with van der Waals surface area (Å²) in [5.41, 5.74) is 2.31. The number of nitrogens with one attached hydrogen (secondary N) is 1. The molecule has 2 aromatic carbocycles. The molecule has 33 heavy (non-hydrogen) atoms. The molecule has 0 spiro atoms. The number of hydrogen-bond donors (Lipinski definition) is 2. The van der Waals surface area contributed by atoms with Gasteiger partial charge in [0.05, 0.1) is 12.7 Å². The maximum absolute atomic E-state index is 13.0. The predicted octanol–water partition coefficient (Wildman–Crippen LogP) is 4.36. The number of benzene rings is 2. The van der Waals surface area contributed by atoms with E-state index in [0.717, 1.165) is 36.8 Å². The summed E-state index contributed by atoms with van der Waals surface area (Å²) in [6.45, 7) is 0.265. The van der Waals surface area contributed by atoms with Crippen molar-refractivity contribution in [2.75, 3.05) is 7.11 Å². The number of nitrogens with zero attached hydrogens (tertiary/aromatic N) is 1. The first-order valence-electron chi connectivity index (χ1n) is 11.0. The molecule has 1 saturated heterocycles. The largest absolute Gasteiger partial charge is 0.493 e. The number of carboxylic acid groups (broad SMARTS) is 1. The lowest BCUT2D eigenvalue weighted by Gasteiger charge is -2.29. The Morgan fingerprint density at radius 2 is 1.88 bits per heavy atom. The number of aromatic carboxylic acids is 1. The highest BCUT2D eigenvalue weighted by atomic mass is 32.1. The van der Waals surface area contributed by atoms with Crippen LogP contribution in [0.15, 0.2) is 48.2 Å². The average Bonchev–Trinajstić information content (AvgIpc) is 3.11. The van der Waals surface area contributed by atoms with Crippen molar-refractivity contribution in [2.45, 2.75) is 44.8 Å². The van der Waals surface area contributed by atoms with Crippen LogP contribution < -0.4 is 14.8 Å². The van der Waals surface area contributed by atoms with Crippen LogP contribution in [0.4, 0.5) is 0 Å². The van der Waals surface area contributed by atoms with Gasteiger partial charge in [0.2, 0.25) is 0 Å². The summed E-state index contributed by atoms with van der Waals surface area (Å²) < 4.78 is 11.3. The molecule has 1 aliphatic carbocycles. The number of carboxylic acids is 1. The number of ether oxygens (including phenoxy) is 2. The minimum Gasteiger partial charge on any atom is -0.493 e. The van der Waals surface area contributed by atoms with Crippen molar-refractivity contribution in [2.24, 2.45) is 0 Å². The molecule has 2 fully saturated rings. The Hall–Kier alpha value is -3.39. The fourth-order valence-corrected chi connectivity index (χ4v) is 4.53. The van der Waals surface area contributed by atoms with Gasteiger partial charge in [-0.3, -0.25) is 9.69 Å². The number of amides is 1.